The van der Waals surface area contributed by atoms with Gasteiger partial charge in [-0.2, -0.15) is 5.10 Å². The molecule has 2 N–H and O–H groups in total. The molecule has 2 heterocycles. The van der Waals surface area contributed by atoms with E-state index in [-0.39, 0.29) is 12.0 Å². The third kappa shape index (κ3) is 1.70. The Labute approximate surface area is 100 Å². The van der Waals surface area contributed by atoms with Crippen LogP contribution < -0.4 is 10.5 Å². The van der Waals surface area contributed by atoms with Crippen LogP contribution in [0, 0.1) is 0 Å². The first-order valence-electron chi connectivity index (χ1n) is 5.71. The fourth-order valence-corrected chi connectivity index (χ4v) is 2.33. The summed E-state index contributed by atoms with van der Waals surface area (Å²) < 4.78 is 7.43. The molecule has 1 aromatic carbocycles. The molecule has 1 aliphatic heterocycles. The summed E-state index contributed by atoms with van der Waals surface area (Å²) in [7, 11) is 1.90. The van der Waals surface area contributed by atoms with Crippen molar-refractivity contribution < 1.29 is 4.74 Å². The van der Waals surface area contributed by atoms with Gasteiger partial charge in [-0.1, -0.05) is 18.2 Å². The standard InChI is InChI=1S/C13H15N3O/c1-16-7-9(6-15-16)13(14)11-8-17-12-5-3-2-4-10(11)12/h2-7,11,13H,8,14H2,1H3. The van der Waals surface area contributed by atoms with E-state index in [1.165, 1.54) is 5.56 Å². The van der Waals surface area contributed by atoms with Crippen LogP contribution in [0.4, 0.5) is 0 Å². The maximum Gasteiger partial charge on any atom is 0.122 e. The molecule has 4 heteroatoms. The van der Waals surface area contributed by atoms with Gasteiger partial charge in [-0.15, -0.1) is 0 Å². The van der Waals surface area contributed by atoms with Crippen LogP contribution in [0.2, 0.25) is 0 Å². The lowest BCUT2D eigenvalue weighted by atomic mass is 9.91. The first-order valence-corrected chi connectivity index (χ1v) is 5.71. The third-order valence-electron chi connectivity index (χ3n) is 3.28. The predicted octanol–water partition coefficient (Wildman–Crippen LogP) is 1.60. The zero-order chi connectivity index (χ0) is 11.8. The summed E-state index contributed by atoms with van der Waals surface area (Å²) in [5.74, 6) is 1.17. The van der Waals surface area contributed by atoms with Crippen molar-refractivity contribution in [3.8, 4) is 5.75 Å². The Morgan fingerprint density at radius 3 is 3.06 bits per heavy atom. The molecule has 1 aliphatic rings. The molecule has 2 atom stereocenters. The lowest BCUT2D eigenvalue weighted by Gasteiger charge is -2.16. The number of aromatic nitrogens is 2. The van der Waals surface area contributed by atoms with E-state index in [0.29, 0.717) is 6.61 Å². The predicted molar refractivity (Wildman–Crippen MR) is 64.8 cm³/mol. The summed E-state index contributed by atoms with van der Waals surface area (Å²) in [5, 5.41) is 4.16. The quantitative estimate of drug-likeness (QED) is 0.851. The molecule has 0 spiro atoms. The summed E-state index contributed by atoms with van der Waals surface area (Å²) in [6.45, 7) is 0.648. The summed E-state index contributed by atoms with van der Waals surface area (Å²) in [6.07, 6.45) is 3.79. The highest BCUT2D eigenvalue weighted by Crippen LogP contribution is 2.39. The molecule has 88 valence electrons. The summed E-state index contributed by atoms with van der Waals surface area (Å²) in [6, 6.07) is 8.02. The van der Waals surface area contributed by atoms with Crippen LogP contribution in [0.25, 0.3) is 0 Å². The van der Waals surface area contributed by atoms with E-state index in [4.69, 9.17) is 10.5 Å². The third-order valence-corrected chi connectivity index (χ3v) is 3.28. The van der Waals surface area contributed by atoms with Gasteiger partial charge in [0, 0.05) is 36.3 Å². The number of hydrogen-bond donors (Lipinski definition) is 1. The van der Waals surface area contributed by atoms with Gasteiger partial charge in [0.2, 0.25) is 0 Å². The highest BCUT2D eigenvalue weighted by Gasteiger charge is 2.30. The summed E-state index contributed by atoms with van der Waals surface area (Å²) in [5.41, 5.74) is 8.55. The van der Waals surface area contributed by atoms with Crippen LogP contribution in [0.5, 0.6) is 5.75 Å². The van der Waals surface area contributed by atoms with Gasteiger partial charge in [0.15, 0.2) is 0 Å². The molecule has 17 heavy (non-hydrogen) atoms. The number of nitrogens with zero attached hydrogens (tertiary/aromatic N) is 2. The lowest BCUT2D eigenvalue weighted by Crippen LogP contribution is -2.20. The van der Waals surface area contributed by atoms with Gasteiger partial charge >= 0.3 is 0 Å². The number of benzene rings is 1. The van der Waals surface area contributed by atoms with E-state index >= 15 is 0 Å². The number of para-hydroxylation sites is 1. The summed E-state index contributed by atoms with van der Waals surface area (Å²) >= 11 is 0. The first-order chi connectivity index (χ1) is 8.25. The second kappa shape index (κ2) is 3.89. The van der Waals surface area contributed by atoms with Gasteiger partial charge in [-0.25, -0.2) is 0 Å². The SMILES string of the molecule is Cn1cc(C(N)C2COc3ccccc32)cn1. The minimum atomic E-state index is -0.0626. The molecule has 0 aliphatic carbocycles. The van der Waals surface area contributed by atoms with E-state index < -0.39 is 0 Å². The van der Waals surface area contributed by atoms with Gasteiger partial charge in [-0.05, 0) is 6.07 Å². The molecule has 2 unspecified atom stereocenters. The van der Waals surface area contributed by atoms with E-state index in [2.05, 4.69) is 11.2 Å². The zero-order valence-electron chi connectivity index (χ0n) is 9.71. The topological polar surface area (TPSA) is 53.1 Å². The highest BCUT2D eigenvalue weighted by atomic mass is 16.5. The number of hydrogen-bond acceptors (Lipinski definition) is 3. The lowest BCUT2D eigenvalue weighted by molar-refractivity contribution is 0.315. The fourth-order valence-electron chi connectivity index (χ4n) is 2.33. The average molecular weight is 229 g/mol. The first kappa shape index (κ1) is 10.4. The van der Waals surface area contributed by atoms with Crippen molar-refractivity contribution >= 4 is 0 Å². The maximum atomic E-state index is 6.30. The Morgan fingerprint density at radius 1 is 1.47 bits per heavy atom. The van der Waals surface area contributed by atoms with Gasteiger partial charge < -0.3 is 10.5 Å². The van der Waals surface area contributed by atoms with Crippen LogP contribution in [0.15, 0.2) is 36.7 Å². The molecule has 0 fully saturated rings. The summed E-state index contributed by atoms with van der Waals surface area (Å²) in [4.78, 5) is 0. The van der Waals surface area contributed by atoms with Crippen LogP contribution in [-0.2, 0) is 7.05 Å². The molecular formula is C13H15N3O. The second-order valence-corrected chi connectivity index (χ2v) is 4.43. The average Bonchev–Trinajstić information content (AvgIpc) is 2.94. The van der Waals surface area contributed by atoms with E-state index in [1.54, 1.807) is 4.68 Å². The number of nitrogens with two attached hydrogens (primary N) is 1. The van der Waals surface area contributed by atoms with Crippen LogP contribution >= 0.6 is 0 Å². The largest absolute Gasteiger partial charge is 0.493 e. The Morgan fingerprint density at radius 2 is 2.29 bits per heavy atom. The molecule has 0 radical (unpaired) electrons. The van der Waals surface area contributed by atoms with Crippen LogP contribution in [-0.4, -0.2) is 16.4 Å². The van der Waals surface area contributed by atoms with Crippen molar-refractivity contribution in [3.05, 3.63) is 47.8 Å². The molecule has 0 amide bonds. The molecule has 0 saturated heterocycles. The number of rotatable bonds is 2. The molecule has 3 rings (SSSR count). The minimum absolute atomic E-state index is 0.0626. The van der Waals surface area contributed by atoms with Crippen molar-refractivity contribution in [1.82, 2.24) is 9.78 Å². The van der Waals surface area contributed by atoms with Crippen LogP contribution in [0.1, 0.15) is 23.1 Å². The Hall–Kier alpha value is -1.81. The number of aryl methyl sites for hydroxylation is 1. The Balaban J connectivity index is 1.92. The second-order valence-electron chi connectivity index (χ2n) is 4.43. The zero-order valence-corrected chi connectivity index (χ0v) is 9.71. The van der Waals surface area contributed by atoms with Crippen molar-refractivity contribution in [2.45, 2.75) is 12.0 Å². The molecule has 2 aromatic rings. The molecular weight excluding hydrogens is 214 g/mol. The van der Waals surface area contributed by atoms with E-state index in [9.17, 15) is 0 Å². The Bertz CT molecular complexity index is 535. The molecule has 4 nitrogen and oxygen atoms in total. The molecule has 1 aromatic heterocycles. The van der Waals surface area contributed by atoms with Crippen molar-refractivity contribution in [3.63, 3.8) is 0 Å². The normalized spacial score (nSPS) is 19.8. The van der Waals surface area contributed by atoms with E-state index in [1.807, 2.05) is 37.6 Å². The van der Waals surface area contributed by atoms with Gasteiger partial charge in [0.1, 0.15) is 5.75 Å². The van der Waals surface area contributed by atoms with Crippen molar-refractivity contribution in [2.24, 2.45) is 12.8 Å². The van der Waals surface area contributed by atoms with Gasteiger partial charge in [-0.3, -0.25) is 4.68 Å². The Kier molecular flexibility index (Phi) is 2.37. The maximum absolute atomic E-state index is 6.30. The minimum Gasteiger partial charge on any atom is -0.493 e. The van der Waals surface area contributed by atoms with Crippen molar-refractivity contribution in [2.75, 3.05) is 6.61 Å². The highest BCUT2D eigenvalue weighted by molar-refractivity contribution is 5.41. The smallest absolute Gasteiger partial charge is 0.122 e. The fraction of sp³-hybridized carbons (Fsp3) is 0.308. The van der Waals surface area contributed by atoms with Crippen LogP contribution in [0.3, 0.4) is 0 Å². The molecule has 0 saturated carbocycles. The monoisotopic (exact) mass is 229 g/mol. The molecule has 0 bridgehead atoms. The van der Waals surface area contributed by atoms with Crippen molar-refractivity contribution in [1.29, 1.82) is 0 Å². The van der Waals surface area contributed by atoms with Gasteiger partial charge in [0.25, 0.3) is 0 Å². The van der Waals surface area contributed by atoms with E-state index in [0.717, 1.165) is 11.3 Å². The number of fused-ring (bicyclic) bond motifs is 1. The number of ether oxygens (including phenoxy) is 1. The van der Waals surface area contributed by atoms with Gasteiger partial charge in [0.05, 0.1) is 12.8 Å².